The van der Waals surface area contributed by atoms with Crippen molar-refractivity contribution in [2.45, 2.75) is 32.0 Å². The zero-order valence-electron chi connectivity index (χ0n) is 14.5. The van der Waals surface area contributed by atoms with Crippen molar-refractivity contribution in [3.63, 3.8) is 0 Å². The van der Waals surface area contributed by atoms with Crippen molar-refractivity contribution in [3.05, 3.63) is 51.3 Å². The minimum absolute atomic E-state index is 0.00118. The molecule has 2 aliphatic rings. The Bertz CT molecular complexity index is 1150. The normalized spacial score (nSPS) is 16.1. The number of anilines is 1. The molecule has 0 bridgehead atoms. The highest BCUT2D eigenvalue weighted by Crippen LogP contribution is 2.37. The topological polar surface area (TPSA) is 93.2 Å². The third kappa shape index (κ3) is 2.42. The summed E-state index contributed by atoms with van der Waals surface area (Å²) in [6, 6.07) is 1.21. The van der Waals surface area contributed by atoms with Gasteiger partial charge in [0, 0.05) is 37.6 Å². The summed E-state index contributed by atoms with van der Waals surface area (Å²) in [5.41, 5.74) is 1.15. The number of hydrogen-bond acceptors (Lipinski definition) is 5. The molecule has 1 aliphatic carbocycles. The molecule has 0 unspecified atom stereocenters. The number of pyridine rings is 2. The van der Waals surface area contributed by atoms with E-state index in [1.807, 2.05) is 13.2 Å². The van der Waals surface area contributed by atoms with Gasteiger partial charge in [-0.25, -0.2) is 14.2 Å². The first-order valence-corrected chi connectivity index (χ1v) is 8.67. The average Bonchev–Trinajstić information content (AvgIpc) is 3.29. The van der Waals surface area contributed by atoms with Crippen molar-refractivity contribution in [2.24, 2.45) is 7.05 Å². The maximum Gasteiger partial charge on any atom is 0.341 e. The van der Waals surface area contributed by atoms with Gasteiger partial charge in [0.15, 0.2) is 11.6 Å². The van der Waals surface area contributed by atoms with Gasteiger partial charge >= 0.3 is 5.97 Å². The van der Waals surface area contributed by atoms with Crippen molar-refractivity contribution in [1.29, 1.82) is 0 Å². The van der Waals surface area contributed by atoms with E-state index in [2.05, 4.69) is 10.1 Å². The summed E-state index contributed by atoms with van der Waals surface area (Å²) in [5, 5.41) is 13.7. The zero-order chi connectivity index (χ0) is 18.9. The van der Waals surface area contributed by atoms with Crippen LogP contribution in [-0.2, 0) is 20.1 Å². The average molecular weight is 369 g/mol. The number of carbonyl (C=O) groups is 1. The van der Waals surface area contributed by atoms with Crippen LogP contribution in [0.5, 0.6) is 0 Å². The summed E-state index contributed by atoms with van der Waals surface area (Å²) in [4.78, 5) is 30.1. The summed E-state index contributed by atoms with van der Waals surface area (Å²) < 4.78 is 18.2. The number of hydrogen-bond donors (Lipinski definition) is 1. The lowest BCUT2D eigenvalue weighted by molar-refractivity contribution is 0.0695. The smallest absolute Gasteiger partial charge is 0.341 e. The molecular formula is C18H16FN5O3. The summed E-state index contributed by atoms with van der Waals surface area (Å²) in [5.74, 6) is -1.80. The molecule has 0 atom stereocenters. The van der Waals surface area contributed by atoms with Crippen LogP contribution < -0.4 is 10.3 Å². The molecule has 3 aromatic heterocycles. The van der Waals surface area contributed by atoms with Crippen LogP contribution in [-0.4, -0.2) is 30.4 Å². The first-order valence-electron chi connectivity index (χ1n) is 8.67. The molecule has 4 heterocycles. The summed E-state index contributed by atoms with van der Waals surface area (Å²) in [6.07, 6.45) is 4.99. The van der Waals surface area contributed by atoms with Crippen LogP contribution in [0, 0.1) is 5.82 Å². The standard InChI is InChI=1S/C18H16FN5O3/c1-22-5-9-6-23(8-14(9)21-22)17-13(19)4-11-15(25)12(18(26)27)7-24(10-2-3-10)16(11)20-17/h4-5,7,10H,2-3,6,8H2,1H3,(H,26,27). The maximum atomic E-state index is 14.8. The molecule has 9 heteroatoms. The minimum Gasteiger partial charge on any atom is -0.477 e. The molecule has 1 aliphatic heterocycles. The quantitative estimate of drug-likeness (QED) is 0.757. The van der Waals surface area contributed by atoms with E-state index in [0.717, 1.165) is 30.2 Å². The molecule has 0 amide bonds. The number of aromatic nitrogens is 4. The Kier molecular flexibility index (Phi) is 3.19. The fourth-order valence-corrected chi connectivity index (χ4v) is 3.68. The van der Waals surface area contributed by atoms with Gasteiger partial charge in [-0.15, -0.1) is 0 Å². The monoisotopic (exact) mass is 369 g/mol. The molecule has 27 heavy (non-hydrogen) atoms. The Labute approximate surface area is 152 Å². The number of halogens is 1. The molecule has 8 nitrogen and oxygen atoms in total. The van der Waals surface area contributed by atoms with Crippen LogP contribution in [0.3, 0.4) is 0 Å². The number of rotatable bonds is 3. The lowest BCUT2D eigenvalue weighted by Crippen LogP contribution is -2.23. The van der Waals surface area contributed by atoms with Crippen LogP contribution in [0.4, 0.5) is 10.2 Å². The van der Waals surface area contributed by atoms with E-state index in [4.69, 9.17) is 0 Å². The Balaban J connectivity index is 1.67. The highest BCUT2D eigenvalue weighted by molar-refractivity contribution is 5.92. The van der Waals surface area contributed by atoms with Gasteiger partial charge in [0.1, 0.15) is 11.2 Å². The molecule has 1 fully saturated rings. The lowest BCUT2D eigenvalue weighted by atomic mass is 10.2. The van der Waals surface area contributed by atoms with E-state index in [-0.39, 0.29) is 22.8 Å². The number of aromatic carboxylic acids is 1. The third-order valence-electron chi connectivity index (χ3n) is 5.10. The van der Waals surface area contributed by atoms with Crippen molar-refractivity contribution < 1.29 is 14.3 Å². The van der Waals surface area contributed by atoms with Gasteiger partial charge in [0.05, 0.1) is 17.6 Å². The summed E-state index contributed by atoms with van der Waals surface area (Å²) >= 11 is 0. The number of fused-ring (bicyclic) bond motifs is 2. The van der Waals surface area contributed by atoms with Crippen LogP contribution in [0.2, 0.25) is 0 Å². The van der Waals surface area contributed by atoms with Crippen molar-refractivity contribution in [1.82, 2.24) is 19.3 Å². The Hall–Kier alpha value is -3.23. The number of nitrogens with zero attached hydrogens (tertiary/aromatic N) is 5. The van der Waals surface area contributed by atoms with Gasteiger partial charge in [0.2, 0.25) is 5.43 Å². The predicted octanol–water partition coefficient (Wildman–Crippen LogP) is 1.82. The minimum atomic E-state index is -1.32. The molecule has 0 aromatic carbocycles. The molecule has 0 spiro atoms. The molecule has 0 radical (unpaired) electrons. The third-order valence-corrected chi connectivity index (χ3v) is 5.10. The van der Waals surface area contributed by atoms with Crippen LogP contribution >= 0.6 is 0 Å². The van der Waals surface area contributed by atoms with E-state index in [1.165, 1.54) is 6.20 Å². The molecule has 0 saturated heterocycles. The SMILES string of the molecule is Cn1cc2c(n1)CN(c1nc3c(cc1F)c(=O)c(C(=O)O)cn3C1CC1)C2. The summed E-state index contributed by atoms with van der Waals surface area (Å²) in [7, 11) is 1.84. The predicted molar refractivity (Wildman–Crippen MR) is 94.3 cm³/mol. The highest BCUT2D eigenvalue weighted by Gasteiger charge is 2.30. The van der Waals surface area contributed by atoms with Crippen LogP contribution in [0.1, 0.15) is 40.5 Å². The van der Waals surface area contributed by atoms with Gasteiger partial charge in [-0.2, -0.15) is 5.10 Å². The Morgan fingerprint density at radius 2 is 2.07 bits per heavy atom. The number of aryl methyl sites for hydroxylation is 1. The first-order chi connectivity index (χ1) is 12.9. The van der Waals surface area contributed by atoms with Gasteiger partial charge in [-0.05, 0) is 18.9 Å². The second kappa shape index (κ2) is 5.38. The zero-order valence-corrected chi connectivity index (χ0v) is 14.5. The van der Waals surface area contributed by atoms with E-state index >= 15 is 0 Å². The number of carboxylic acid groups (broad SMARTS) is 1. The van der Waals surface area contributed by atoms with Crippen LogP contribution in [0.25, 0.3) is 11.0 Å². The molecule has 3 aromatic rings. The van der Waals surface area contributed by atoms with Crippen molar-refractivity contribution in [3.8, 4) is 0 Å². The molecule has 1 saturated carbocycles. The maximum absolute atomic E-state index is 14.8. The summed E-state index contributed by atoms with van der Waals surface area (Å²) in [6.45, 7) is 0.923. The Morgan fingerprint density at radius 3 is 2.74 bits per heavy atom. The van der Waals surface area contributed by atoms with E-state index in [9.17, 15) is 19.1 Å². The molecule has 5 rings (SSSR count). The van der Waals surface area contributed by atoms with Crippen molar-refractivity contribution >= 4 is 22.8 Å². The molecular weight excluding hydrogens is 353 g/mol. The van der Waals surface area contributed by atoms with E-state index in [0.29, 0.717) is 18.7 Å². The largest absolute Gasteiger partial charge is 0.477 e. The van der Waals surface area contributed by atoms with E-state index in [1.54, 1.807) is 14.1 Å². The second-order valence-corrected chi connectivity index (χ2v) is 7.11. The van der Waals surface area contributed by atoms with Crippen molar-refractivity contribution in [2.75, 3.05) is 4.90 Å². The van der Waals surface area contributed by atoms with Gasteiger partial charge in [-0.1, -0.05) is 0 Å². The second-order valence-electron chi connectivity index (χ2n) is 7.11. The van der Waals surface area contributed by atoms with Gasteiger partial charge < -0.3 is 14.6 Å². The van der Waals surface area contributed by atoms with E-state index < -0.39 is 17.2 Å². The first kappa shape index (κ1) is 16.0. The van der Waals surface area contributed by atoms with Gasteiger partial charge in [0.25, 0.3) is 0 Å². The number of carboxylic acids is 1. The molecule has 138 valence electrons. The fraction of sp³-hybridized carbons (Fsp3) is 0.333. The molecule has 1 N–H and O–H groups in total. The lowest BCUT2D eigenvalue weighted by Gasteiger charge is -2.19. The van der Waals surface area contributed by atoms with Gasteiger partial charge in [-0.3, -0.25) is 9.48 Å². The Morgan fingerprint density at radius 1 is 1.30 bits per heavy atom. The fourth-order valence-electron chi connectivity index (χ4n) is 3.68. The highest BCUT2D eigenvalue weighted by atomic mass is 19.1. The van der Waals surface area contributed by atoms with Crippen LogP contribution in [0.15, 0.2) is 23.3 Å².